The Hall–Kier alpha value is -1.75. The van der Waals surface area contributed by atoms with E-state index in [4.69, 9.17) is 20.9 Å². The SMILES string of the molecule is CCCOc1ccccc1OC1CCC(N)(C(N)=O)C1. The Labute approximate surface area is 119 Å². The smallest absolute Gasteiger partial charge is 0.237 e. The largest absolute Gasteiger partial charge is 0.490 e. The summed E-state index contributed by atoms with van der Waals surface area (Å²) in [5.41, 5.74) is 10.4. The zero-order chi connectivity index (χ0) is 14.6. The van der Waals surface area contributed by atoms with Crippen molar-refractivity contribution in [2.45, 2.75) is 44.2 Å². The van der Waals surface area contributed by atoms with Crippen LogP contribution in [0.1, 0.15) is 32.6 Å². The van der Waals surface area contributed by atoms with Gasteiger partial charge in [0, 0.05) is 6.42 Å². The monoisotopic (exact) mass is 278 g/mol. The summed E-state index contributed by atoms with van der Waals surface area (Å²) in [7, 11) is 0. The van der Waals surface area contributed by atoms with E-state index in [0.29, 0.717) is 25.2 Å². The van der Waals surface area contributed by atoms with Gasteiger partial charge in [-0.15, -0.1) is 0 Å². The number of para-hydroxylation sites is 2. The van der Waals surface area contributed by atoms with Crippen molar-refractivity contribution in [2.24, 2.45) is 11.5 Å². The first-order chi connectivity index (χ1) is 9.55. The summed E-state index contributed by atoms with van der Waals surface area (Å²) in [5.74, 6) is 0.960. The van der Waals surface area contributed by atoms with Crippen molar-refractivity contribution in [3.63, 3.8) is 0 Å². The molecule has 0 saturated heterocycles. The number of primary amides is 1. The quantitative estimate of drug-likeness (QED) is 0.827. The van der Waals surface area contributed by atoms with Crippen molar-refractivity contribution in [2.75, 3.05) is 6.61 Å². The molecular formula is C15H22N2O3. The molecule has 1 aromatic carbocycles. The summed E-state index contributed by atoms with van der Waals surface area (Å²) in [6.45, 7) is 2.70. The molecule has 0 aliphatic heterocycles. The Morgan fingerprint density at radius 1 is 1.40 bits per heavy atom. The molecule has 2 unspecified atom stereocenters. The summed E-state index contributed by atoms with van der Waals surface area (Å²) in [4.78, 5) is 11.3. The number of amides is 1. The maximum Gasteiger partial charge on any atom is 0.237 e. The molecule has 1 aromatic rings. The van der Waals surface area contributed by atoms with E-state index in [1.165, 1.54) is 0 Å². The third kappa shape index (κ3) is 3.22. The molecule has 0 heterocycles. The molecule has 2 rings (SSSR count). The van der Waals surface area contributed by atoms with Crippen LogP contribution >= 0.6 is 0 Å². The van der Waals surface area contributed by atoms with Crippen LogP contribution < -0.4 is 20.9 Å². The fourth-order valence-corrected chi connectivity index (χ4v) is 2.41. The second kappa shape index (κ2) is 6.13. The predicted octanol–water partition coefficient (Wildman–Crippen LogP) is 1.59. The van der Waals surface area contributed by atoms with Gasteiger partial charge in [-0.1, -0.05) is 19.1 Å². The summed E-state index contributed by atoms with van der Waals surface area (Å²) in [6.07, 6.45) is 2.57. The summed E-state index contributed by atoms with van der Waals surface area (Å²) in [6, 6.07) is 7.55. The van der Waals surface area contributed by atoms with Crippen LogP contribution in [0.25, 0.3) is 0 Å². The molecule has 0 bridgehead atoms. The number of rotatable bonds is 6. The molecule has 5 nitrogen and oxygen atoms in total. The molecule has 1 saturated carbocycles. The third-order valence-corrected chi connectivity index (χ3v) is 3.60. The van der Waals surface area contributed by atoms with Gasteiger partial charge in [-0.2, -0.15) is 0 Å². The predicted molar refractivity (Wildman–Crippen MR) is 76.6 cm³/mol. The minimum Gasteiger partial charge on any atom is -0.490 e. The lowest BCUT2D eigenvalue weighted by molar-refractivity contribution is -0.123. The molecule has 0 aromatic heterocycles. The van der Waals surface area contributed by atoms with Crippen LogP contribution in [0, 0.1) is 0 Å². The van der Waals surface area contributed by atoms with E-state index in [1.54, 1.807) is 0 Å². The average Bonchev–Trinajstić information content (AvgIpc) is 2.81. The van der Waals surface area contributed by atoms with E-state index in [1.807, 2.05) is 24.3 Å². The van der Waals surface area contributed by atoms with Gasteiger partial charge >= 0.3 is 0 Å². The molecule has 1 aliphatic rings. The van der Waals surface area contributed by atoms with Gasteiger partial charge in [-0.25, -0.2) is 0 Å². The first-order valence-electron chi connectivity index (χ1n) is 7.02. The lowest BCUT2D eigenvalue weighted by atomic mass is 9.99. The lowest BCUT2D eigenvalue weighted by Crippen LogP contribution is -2.50. The molecule has 1 aliphatic carbocycles. The molecule has 1 fully saturated rings. The van der Waals surface area contributed by atoms with E-state index >= 15 is 0 Å². The van der Waals surface area contributed by atoms with Crippen molar-refractivity contribution in [3.8, 4) is 11.5 Å². The molecular weight excluding hydrogens is 256 g/mol. The second-order valence-corrected chi connectivity index (χ2v) is 5.30. The number of benzene rings is 1. The zero-order valence-electron chi connectivity index (χ0n) is 11.8. The van der Waals surface area contributed by atoms with Gasteiger partial charge in [-0.05, 0) is 31.4 Å². The fraction of sp³-hybridized carbons (Fsp3) is 0.533. The zero-order valence-corrected chi connectivity index (χ0v) is 11.8. The number of hydrogen-bond donors (Lipinski definition) is 2. The minimum atomic E-state index is -0.941. The number of ether oxygens (including phenoxy) is 2. The van der Waals surface area contributed by atoms with E-state index in [9.17, 15) is 4.79 Å². The van der Waals surface area contributed by atoms with Crippen molar-refractivity contribution in [1.29, 1.82) is 0 Å². The number of hydrogen-bond acceptors (Lipinski definition) is 4. The summed E-state index contributed by atoms with van der Waals surface area (Å²) in [5, 5.41) is 0. The Kier molecular flexibility index (Phi) is 4.49. The lowest BCUT2D eigenvalue weighted by Gasteiger charge is -2.20. The van der Waals surface area contributed by atoms with Crippen LogP contribution in [0.15, 0.2) is 24.3 Å². The third-order valence-electron chi connectivity index (χ3n) is 3.60. The first kappa shape index (κ1) is 14.7. The van der Waals surface area contributed by atoms with E-state index in [-0.39, 0.29) is 6.10 Å². The Bertz CT molecular complexity index is 478. The van der Waals surface area contributed by atoms with Gasteiger partial charge in [-0.3, -0.25) is 4.79 Å². The molecule has 5 heteroatoms. The van der Waals surface area contributed by atoms with Gasteiger partial charge in [0.25, 0.3) is 0 Å². The van der Waals surface area contributed by atoms with Gasteiger partial charge in [0.2, 0.25) is 5.91 Å². The molecule has 4 N–H and O–H groups in total. The number of carbonyl (C=O) groups is 1. The van der Waals surface area contributed by atoms with Crippen LogP contribution in [0.2, 0.25) is 0 Å². The highest BCUT2D eigenvalue weighted by molar-refractivity contribution is 5.84. The Morgan fingerprint density at radius 3 is 2.70 bits per heavy atom. The molecule has 0 spiro atoms. The first-order valence-corrected chi connectivity index (χ1v) is 7.02. The fourth-order valence-electron chi connectivity index (χ4n) is 2.41. The number of carbonyl (C=O) groups excluding carboxylic acids is 1. The highest BCUT2D eigenvalue weighted by Crippen LogP contribution is 2.34. The summed E-state index contributed by atoms with van der Waals surface area (Å²) >= 11 is 0. The van der Waals surface area contributed by atoms with Crippen molar-refractivity contribution in [3.05, 3.63) is 24.3 Å². The highest BCUT2D eigenvalue weighted by atomic mass is 16.5. The van der Waals surface area contributed by atoms with Crippen molar-refractivity contribution < 1.29 is 14.3 Å². The van der Waals surface area contributed by atoms with Crippen molar-refractivity contribution >= 4 is 5.91 Å². The normalized spacial score (nSPS) is 25.4. The molecule has 110 valence electrons. The van der Waals surface area contributed by atoms with Crippen LogP contribution in [-0.4, -0.2) is 24.2 Å². The van der Waals surface area contributed by atoms with Gasteiger partial charge in [0.05, 0.1) is 12.1 Å². The number of nitrogens with two attached hydrogens (primary N) is 2. The van der Waals surface area contributed by atoms with Crippen LogP contribution in [-0.2, 0) is 4.79 Å². The highest BCUT2D eigenvalue weighted by Gasteiger charge is 2.41. The minimum absolute atomic E-state index is 0.0983. The Morgan fingerprint density at radius 2 is 2.10 bits per heavy atom. The van der Waals surface area contributed by atoms with E-state index < -0.39 is 11.4 Å². The van der Waals surface area contributed by atoms with E-state index in [0.717, 1.165) is 18.6 Å². The van der Waals surface area contributed by atoms with E-state index in [2.05, 4.69) is 6.92 Å². The standard InChI is InChI=1S/C15H22N2O3/c1-2-9-19-12-5-3-4-6-13(12)20-11-7-8-15(17,10-11)14(16)18/h3-6,11H,2,7-10,17H2,1H3,(H2,16,18). The molecule has 2 atom stereocenters. The molecule has 20 heavy (non-hydrogen) atoms. The maximum atomic E-state index is 11.3. The molecule has 1 amide bonds. The van der Waals surface area contributed by atoms with Crippen LogP contribution in [0.5, 0.6) is 11.5 Å². The van der Waals surface area contributed by atoms with Crippen LogP contribution in [0.3, 0.4) is 0 Å². The summed E-state index contributed by atoms with van der Waals surface area (Å²) < 4.78 is 11.6. The molecule has 0 radical (unpaired) electrons. The second-order valence-electron chi connectivity index (χ2n) is 5.30. The maximum absolute atomic E-state index is 11.3. The van der Waals surface area contributed by atoms with Gasteiger partial charge in [0.15, 0.2) is 11.5 Å². The Balaban J connectivity index is 2.02. The van der Waals surface area contributed by atoms with Gasteiger partial charge < -0.3 is 20.9 Å². The van der Waals surface area contributed by atoms with Crippen LogP contribution in [0.4, 0.5) is 0 Å². The topological polar surface area (TPSA) is 87.6 Å². The van der Waals surface area contributed by atoms with Gasteiger partial charge in [0.1, 0.15) is 6.10 Å². The average molecular weight is 278 g/mol. The van der Waals surface area contributed by atoms with Crippen molar-refractivity contribution in [1.82, 2.24) is 0 Å².